The van der Waals surface area contributed by atoms with E-state index in [1.807, 2.05) is 12.1 Å². The maximum atomic E-state index is 9.12. The lowest BCUT2D eigenvalue weighted by Gasteiger charge is -2.22. The Bertz CT molecular complexity index is 629. The molecule has 0 amide bonds. The van der Waals surface area contributed by atoms with E-state index >= 15 is 0 Å². The van der Waals surface area contributed by atoms with Crippen LogP contribution in [0, 0.1) is 17.2 Å². The van der Waals surface area contributed by atoms with E-state index in [0.29, 0.717) is 17.4 Å². The lowest BCUT2D eigenvalue weighted by Crippen LogP contribution is -2.15. The van der Waals surface area contributed by atoms with Crippen LogP contribution in [0.5, 0.6) is 0 Å². The van der Waals surface area contributed by atoms with Gasteiger partial charge in [-0.15, -0.1) is 0 Å². The van der Waals surface area contributed by atoms with Gasteiger partial charge >= 0.3 is 0 Å². The molecule has 0 spiro atoms. The van der Waals surface area contributed by atoms with Crippen molar-refractivity contribution in [3.63, 3.8) is 0 Å². The number of nitrogen functional groups attached to an aromatic ring is 1. The van der Waals surface area contributed by atoms with E-state index < -0.39 is 0 Å². The quantitative estimate of drug-likeness (QED) is 0.895. The average molecular weight is 254 g/mol. The highest BCUT2D eigenvalue weighted by molar-refractivity contribution is 5.83. The number of imidazole rings is 1. The number of rotatable bonds is 2. The van der Waals surface area contributed by atoms with Crippen LogP contribution < -0.4 is 5.73 Å². The van der Waals surface area contributed by atoms with Crippen LogP contribution in [-0.4, -0.2) is 9.55 Å². The van der Waals surface area contributed by atoms with Gasteiger partial charge in [0.1, 0.15) is 11.6 Å². The van der Waals surface area contributed by atoms with Gasteiger partial charge in [0.05, 0.1) is 11.1 Å². The number of nitrogens with two attached hydrogens (primary N) is 1. The summed E-state index contributed by atoms with van der Waals surface area (Å²) in [5.41, 5.74) is 8.36. The van der Waals surface area contributed by atoms with Crippen LogP contribution >= 0.6 is 0 Å². The van der Waals surface area contributed by atoms with Crippen LogP contribution in [0.1, 0.15) is 37.7 Å². The second-order valence-corrected chi connectivity index (χ2v) is 5.37. The lowest BCUT2D eigenvalue weighted by molar-refractivity contribution is 0.323. The molecule has 3 rings (SSSR count). The van der Waals surface area contributed by atoms with Gasteiger partial charge in [-0.1, -0.05) is 25.3 Å². The van der Waals surface area contributed by atoms with Crippen molar-refractivity contribution < 1.29 is 0 Å². The Hall–Kier alpha value is -2.02. The number of nitrogens with zero attached hydrogens (tertiary/aromatic N) is 3. The summed E-state index contributed by atoms with van der Waals surface area (Å²) < 4.78 is 2.08. The molecule has 2 aromatic rings. The molecule has 0 aliphatic heterocycles. The molecule has 2 N–H and O–H groups in total. The van der Waals surface area contributed by atoms with E-state index in [2.05, 4.69) is 15.6 Å². The summed E-state index contributed by atoms with van der Waals surface area (Å²) in [7, 11) is 0. The summed E-state index contributed by atoms with van der Waals surface area (Å²) in [4.78, 5) is 4.37. The molecule has 0 atom stereocenters. The van der Waals surface area contributed by atoms with Crippen molar-refractivity contribution >= 4 is 17.0 Å². The molecule has 1 fully saturated rings. The maximum absolute atomic E-state index is 9.12. The number of benzene rings is 1. The molecule has 0 unspecified atom stereocenters. The summed E-state index contributed by atoms with van der Waals surface area (Å²) in [5.74, 6) is 1.22. The van der Waals surface area contributed by atoms with E-state index in [0.717, 1.165) is 17.6 Å². The Kier molecular flexibility index (Phi) is 3.12. The van der Waals surface area contributed by atoms with Gasteiger partial charge in [0.2, 0.25) is 5.95 Å². The first-order valence-corrected chi connectivity index (χ1v) is 6.94. The minimum absolute atomic E-state index is 0.531. The molecule has 19 heavy (non-hydrogen) atoms. The van der Waals surface area contributed by atoms with Gasteiger partial charge in [0.15, 0.2) is 0 Å². The number of anilines is 1. The fourth-order valence-corrected chi connectivity index (χ4v) is 3.07. The molecule has 1 aromatic heterocycles. The molecule has 1 aromatic carbocycles. The first-order chi connectivity index (χ1) is 9.29. The second kappa shape index (κ2) is 4.93. The van der Waals surface area contributed by atoms with Gasteiger partial charge in [0.25, 0.3) is 0 Å². The molecule has 0 bridgehead atoms. The number of hydrogen-bond acceptors (Lipinski definition) is 3. The minimum atomic E-state index is 0.531. The monoisotopic (exact) mass is 254 g/mol. The van der Waals surface area contributed by atoms with E-state index in [-0.39, 0.29) is 0 Å². The van der Waals surface area contributed by atoms with E-state index in [1.165, 1.54) is 32.1 Å². The predicted molar refractivity (Wildman–Crippen MR) is 75.4 cm³/mol. The van der Waals surface area contributed by atoms with Gasteiger partial charge in [-0.05, 0) is 30.9 Å². The average Bonchev–Trinajstić information content (AvgIpc) is 2.76. The number of para-hydroxylation sites is 1. The fraction of sp³-hybridized carbons (Fsp3) is 0.467. The fourth-order valence-electron chi connectivity index (χ4n) is 3.07. The maximum Gasteiger partial charge on any atom is 0.201 e. The van der Waals surface area contributed by atoms with Gasteiger partial charge in [-0.3, -0.25) is 0 Å². The minimum Gasteiger partial charge on any atom is -0.369 e. The number of aromatic nitrogens is 2. The highest BCUT2D eigenvalue weighted by atomic mass is 15.2. The van der Waals surface area contributed by atoms with Crippen LogP contribution in [-0.2, 0) is 6.54 Å². The van der Waals surface area contributed by atoms with Crippen molar-refractivity contribution in [2.75, 3.05) is 5.73 Å². The number of hydrogen-bond donors (Lipinski definition) is 1. The highest BCUT2D eigenvalue weighted by Gasteiger charge is 2.18. The zero-order valence-corrected chi connectivity index (χ0v) is 11.0. The number of nitriles is 1. The second-order valence-electron chi connectivity index (χ2n) is 5.37. The van der Waals surface area contributed by atoms with Gasteiger partial charge in [-0.2, -0.15) is 5.26 Å². The molecule has 1 saturated carbocycles. The zero-order chi connectivity index (χ0) is 13.2. The molecule has 1 heterocycles. The standard InChI is InChI=1S/C15H18N4/c16-9-12-7-4-8-13-14(12)18-15(17)19(13)10-11-5-2-1-3-6-11/h4,7-8,11H,1-3,5-6,10H2,(H2,17,18). The summed E-state index contributed by atoms with van der Waals surface area (Å²) in [6.07, 6.45) is 6.55. The third-order valence-corrected chi connectivity index (χ3v) is 4.09. The van der Waals surface area contributed by atoms with Gasteiger partial charge < -0.3 is 10.3 Å². The molecule has 4 nitrogen and oxygen atoms in total. The first-order valence-electron chi connectivity index (χ1n) is 6.94. The van der Waals surface area contributed by atoms with E-state index in [9.17, 15) is 0 Å². The van der Waals surface area contributed by atoms with Crippen molar-refractivity contribution in [3.05, 3.63) is 23.8 Å². The van der Waals surface area contributed by atoms with E-state index in [1.54, 1.807) is 6.07 Å². The largest absolute Gasteiger partial charge is 0.369 e. The Morgan fingerprint density at radius 1 is 1.32 bits per heavy atom. The molecule has 4 heteroatoms. The van der Waals surface area contributed by atoms with Crippen LogP contribution in [0.25, 0.3) is 11.0 Å². The molecule has 98 valence electrons. The Morgan fingerprint density at radius 2 is 2.11 bits per heavy atom. The molecular formula is C15H18N4. The van der Waals surface area contributed by atoms with Crippen LogP contribution in [0.15, 0.2) is 18.2 Å². The van der Waals surface area contributed by atoms with Crippen molar-refractivity contribution in [3.8, 4) is 6.07 Å². The predicted octanol–water partition coefficient (Wildman–Crippen LogP) is 3.07. The molecule has 1 aliphatic carbocycles. The summed E-state index contributed by atoms with van der Waals surface area (Å²) in [6.45, 7) is 0.928. The summed E-state index contributed by atoms with van der Waals surface area (Å²) in [6, 6.07) is 7.88. The molecule has 1 aliphatic rings. The highest BCUT2D eigenvalue weighted by Crippen LogP contribution is 2.28. The lowest BCUT2D eigenvalue weighted by atomic mass is 9.89. The third kappa shape index (κ3) is 2.17. The van der Waals surface area contributed by atoms with Crippen molar-refractivity contribution in [1.82, 2.24) is 9.55 Å². The normalized spacial score (nSPS) is 16.6. The zero-order valence-electron chi connectivity index (χ0n) is 11.0. The Labute approximate surface area is 112 Å². The Morgan fingerprint density at radius 3 is 2.84 bits per heavy atom. The molecule has 0 radical (unpaired) electrons. The van der Waals surface area contributed by atoms with Crippen molar-refractivity contribution in [2.45, 2.75) is 38.6 Å². The smallest absolute Gasteiger partial charge is 0.201 e. The molecule has 0 saturated heterocycles. The number of fused-ring (bicyclic) bond motifs is 1. The summed E-state index contributed by atoms with van der Waals surface area (Å²) >= 11 is 0. The molecular weight excluding hydrogens is 236 g/mol. The van der Waals surface area contributed by atoms with Gasteiger partial charge in [0, 0.05) is 6.54 Å². The SMILES string of the molecule is N#Cc1cccc2c1nc(N)n2CC1CCCCC1. The van der Waals surface area contributed by atoms with E-state index in [4.69, 9.17) is 11.0 Å². The third-order valence-electron chi connectivity index (χ3n) is 4.09. The Balaban J connectivity index is 1.99. The summed E-state index contributed by atoms with van der Waals surface area (Å²) in [5, 5.41) is 9.12. The van der Waals surface area contributed by atoms with Crippen LogP contribution in [0.2, 0.25) is 0 Å². The van der Waals surface area contributed by atoms with Crippen molar-refractivity contribution in [2.24, 2.45) is 5.92 Å². The topological polar surface area (TPSA) is 67.6 Å². The van der Waals surface area contributed by atoms with Crippen LogP contribution in [0.3, 0.4) is 0 Å². The first kappa shape index (κ1) is 12.0. The van der Waals surface area contributed by atoms with Gasteiger partial charge in [-0.25, -0.2) is 4.98 Å². The van der Waals surface area contributed by atoms with Crippen molar-refractivity contribution in [1.29, 1.82) is 5.26 Å². The van der Waals surface area contributed by atoms with Crippen LogP contribution in [0.4, 0.5) is 5.95 Å².